The highest BCUT2D eigenvalue weighted by atomic mass is 35.5. The first-order valence-corrected chi connectivity index (χ1v) is 5.56. The number of hydrogen-bond acceptors (Lipinski definition) is 0. The number of aryl methyl sites for hydroxylation is 1. The summed E-state index contributed by atoms with van der Waals surface area (Å²) < 4.78 is 0. The van der Waals surface area contributed by atoms with E-state index in [9.17, 15) is 5.11 Å². The molecule has 1 rings (SSSR count). The molecule has 0 saturated carbocycles. The molecule has 1 atom stereocenters. The van der Waals surface area contributed by atoms with Crippen molar-refractivity contribution in [3.05, 3.63) is 29.8 Å². The Bertz CT molecular complexity index is 273. The number of benzene rings is 1. The Hall–Kier alpha value is -0.690. The summed E-state index contributed by atoms with van der Waals surface area (Å²) in [6.07, 6.45) is 3.84. The first kappa shape index (κ1) is 11.4. The molecule has 1 nitrogen and oxygen atoms in total. The van der Waals surface area contributed by atoms with Gasteiger partial charge in [-0.3, -0.25) is 5.11 Å². The van der Waals surface area contributed by atoms with Crippen LogP contribution in [0.3, 0.4) is 0 Å². The second kappa shape index (κ2) is 5.92. The van der Waals surface area contributed by atoms with Gasteiger partial charge in [0, 0.05) is 5.38 Å². The van der Waals surface area contributed by atoms with Gasteiger partial charge in [-0.05, 0) is 37.3 Å². The first-order valence-electron chi connectivity index (χ1n) is 5.13. The Kier molecular flexibility index (Phi) is 4.81. The van der Waals surface area contributed by atoms with Crippen molar-refractivity contribution in [2.24, 2.45) is 0 Å². The number of para-hydroxylation sites is 1. The van der Waals surface area contributed by atoms with Crippen LogP contribution in [0.15, 0.2) is 24.3 Å². The Morgan fingerprint density at radius 2 is 2.07 bits per heavy atom. The second-order valence-electron chi connectivity index (χ2n) is 3.51. The van der Waals surface area contributed by atoms with Crippen LogP contribution in [-0.2, 0) is 11.5 Å². The Balaban J connectivity index is 2.35. The van der Waals surface area contributed by atoms with Crippen molar-refractivity contribution in [2.75, 3.05) is 0 Å². The predicted molar refractivity (Wildman–Crippen MR) is 59.4 cm³/mol. The van der Waals surface area contributed by atoms with Crippen molar-refractivity contribution in [1.82, 2.24) is 0 Å². The molecular weight excluding hydrogens is 196 g/mol. The average molecular weight is 212 g/mol. The maximum atomic E-state index is 11.3. The summed E-state index contributed by atoms with van der Waals surface area (Å²) in [5.74, 6) is 0.148. The predicted octanol–water partition coefficient (Wildman–Crippen LogP) is 4.17. The van der Waals surface area contributed by atoms with Gasteiger partial charge in [0.1, 0.15) is 0 Å². The zero-order chi connectivity index (χ0) is 10.4. The molecule has 0 fully saturated rings. The molecule has 0 N–H and O–H groups in total. The normalized spacial score (nSPS) is 12.7. The summed E-state index contributed by atoms with van der Waals surface area (Å²) >= 11 is 5.99. The van der Waals surface area contributed by atoms with E-state index in [1.54, 1.807) is 12.1 Å². The van der Waals surface area contributed by atoms with Crippen molar-refractivity contribution in [1.29, 1.82) is 0 Å². The number of halogens is 1. The molecule has 77 valence electrons. The van der Waals surface area contributed by atoms with E-state index in [1.807, 2.05) is 12.1 Å². The molecule has 0 heterocycles. The van der Waals surface area contributed by atoms with E-state index < -0.39 is 0 Å². The molecule has 0 aliphatic carbocycles. The molecule has 0 aromatic heterocycles. The van der Waals surface area contributed by atoms with Crippen LogP contribution in [0.5, 0.6) is 5.75 Å². The highest BCUT2D eigenvalue weighted by molar-refractivity contribution is 6.20. The summed E-state index contributed by atoms with van der Waals surface area (Å²) in [4.78, 5) is 0. The first-order chi connectivity index (χ1) is 6.74. The number of rotatable bonds is 5. The van der Waals surface area contributed by atoms with Gasteiger partial charge in [-0.1, -0.05) is 25.1 Å². The van der Waals surface area contributed by atoms with E-state index in [2.05, 4.69) is 6.92 Å². The minimum Gasteiger partial charge on any atom is -0.290 e. The Morgan fingerprint density at radius 1 is 1.36 bits per heavy atom. The van der Waals surface area contributed by atoms with Gasteiger partial charge in [0.2, 0.25) is 0 Å². The van der Waals surface area contributed by atoms with Crippen molar-refractivity contribution in [3.8, 4) is 5.75 Å². The van der Waals surface area contributed by atoms with Crippen LogP contribution in [0, 0.1) is 0 Å². The molecule has 0 spiro atoms. The molecule has 2 heteroatoms. The zero-order valence-corrected chi connectivity index (χ0v) is 9.26. The van der Waals surface area contributed by atoms with Gasteiger partial charge >= 0.3 is 0 Å². The van der Waals surface area contributed by atoms with Crippen LogP contribution in [0.2, 0.25) is 0 Å². The molecular formula is C12H16ClO. The minimum absolute atomic E-state index is 0.148. The van der Waals surface area contributed by atoms with Crippen molar-refractivity contribution < 1.29 is 5.11 Å². The van der Waals surface area contributed by atoms with Crippen LogP contribution in [0.1, 0.15) is 31.7 Å². The monoisotopic (exact) mass is 211 g/mol. The largest absolute Gasteiger partial charge is 0.290 e. The summed E-state index contributed by atoms with van der Waals surface area (Å²) in [7, 11) is 0. The smallest absolute Gasteiger partial charge is 0.181 e. The molecule has 0 amide bonds. The molecule has 1 aromatic rings. The van der Waals surface area contributed by atoms with E-state index in [-0.39, 0.29) is 11.1 Å². The van der Waals surface area contributed by atoms with E-state index in [4.69, 9.17) is 11.6 Å². The van der Waals surface area contributed by atoms with E-state index in [0.717, 1.165) is 31.2 Å². The van der Waals surface area contributed by atoms with Gasteiger partial charge in [0.15, 0.2) is 5.75 Å². The second-order valence-corrected chi connectivity index (χ2v) is 4.12. The van der Waals surface area contributed by atoms with Crippen molar-refractivity contribution in [3.63, 3.8) is 0 Å². The summed E-state index contributed by atoms with van der Waals surface area (Å²) in [5.41, 5.74) is 0.910. The Morgan fingerprint density at radius 3 is 2.71 bits per heavy atom. The lowest BCUT2D eigenvalue weighted by molar-refractivity contribution is 0.349. The Labute approximate surface area is 90.7 Å². The van der Waals surface area contributed by atoms with Crippen LogP contribution in [-0.4, -0.2) is 5.38 Å². The van der Waals surface area contributed by atoms with Crippen LogP contribution < -0.4 is 0 Å². The molecule has 1 unspecified atom stereocenters. The van der Waals surface area contributed by atoms with Crippen LogP contribution in [0.4, 0.5) is 0 Å². The van der Waals surface area contributed by atoms with Gasteiger partial charge in [-0.2, -0.15) is 0 Å². The lowest BCUT2D eigenvalue weighted by Gasteiger charge is -2.06. The molecule has 1 radical (unpaired) electrons. The average Bonchev–Trinajstić information content (AvgIpc) is 2.20. The van der Waals surface area contributed by atoms with E-state index >= 15 is 0 Å². The topological polar surface area (TPSA) is 19.9 Å². The summed E-state index contributed by atoms with van der Waals surface area (Å²) in [6.45, 7) is 2.08. The quantitative estimate of drug-likeness (QED) is 0.652. The fourth-order valence-corrected chi connectivity index (χ4v) is 1.58. The van der Waals surface area contributed by atoms with Crippen LogP contribution in [0.25, 0.3) is 0 Å². The summed E-state index contributed by atoms with van der Waals surface area (Å²) in [5, 5.41) is 11.6. The fourth-order valence-electron chi connectivity index (χ4n) is 1.43. The summed E-state index contributed by atoms with van der Waals surface area (Å²) in [6, 6.07) is 7.21. The van der Waals surface area contributed by atoms with Gasteiger partial charge < -0.3 is 0 Å². The molecule has 0 aliphatic heterocycles. The van der Waals surface area contributed by atoms with E-state index in [0.29, 0.717) is 0 Å². The molecule has 14 heavy (non-hydrogen) atoms. The van der Waals surface area contributed by atoms with Gasteiger partial charge in [0.25, 0.3) is 0 Å². The number of alkyl halides is 1. The van der Waals surface area contributed by atoms with Crippen LogP contribution >= 0.6 is 11.6 Å². The van der Waals surface area contributed by atoms with Gasteiger partial charge in [0.05, 0.1) is 0 Å². The molecule has 0 bridgehead atoms. The zero-order valence-electron chi connectivity index (χ0n) is 8.50. The number of hydrogen-bond donors (Lipinski definition) is 0. The third-order valence-electron chi connectivity index (χ3n) is 2.38. The third kappa shape index (κ3) is 3.59. The molecule has 0 saturated heterocycles. The molecule has 0 aliphatic rings. The standard InChI is InChI=1S/C12H16ClO/c1-2-11(13)8-5-7-10-6-3-4-9-12(10)14/h3-4,6,9,11H,2,5,7-8H2,1H3. The SMILES string of the molecule is CCC(Cl)CCCc1ccccc1[O]. The maximum Gasteiger partial charge on any atom is 0.181 e. The minimum atomic E-state index is 0.148. The lowest BCUT2D eigenvalue weighted by atomic mass is 10.1. The fraction of sp³-hybridized carbons (Fsp3) is 0.500. The maximum absolute atomic E-state index is 11.3. The highest BCUT2D eigenvalue weighted by Crippen LogP contribution is 2.20. The third-order valence-corrected chi connectivity index (χ3v) is 2.91. The molecule has 1 aromatic carbocycles. The van der Waals surface area contributed by atoms with Crippen molar-refractivity contribution >= 4 is 11.6 Å². The van der Waals surface area contributed by atoms with Gasteiger partial charge in [-0.15, -0.1) is 11.6 Å². The van der Waals surface area contributed by atoms with E-state index in [1.165, 1.54) is 0 Å². The lowest BCUT2D eigenvalue weighted by Crippen LogP contribution is -1.97. The van der Waals surface area contributed by atoms with Crippen molar-refractivity contribution in [2.45, 2.75) is 38.0 Å². The van der Waals surface area contributed by atoms with Gasteiger partial charge in [-0.25, -0.2) is 0 Å². The highest BCUT2D eigenvalue weighted by Gasteiger charge is 2.04.